The molecule has 4 nitrogen and oxygen atoms in total. The van der Waals surface area contributed by atoms with Crippen LogP contribution in [0.2, 0.25) is 0 Å². The number of aryl methyl sites for hydroxylation is 1. The zero-order chi connectivity index (χ0) is 15.5. The van der Waals surface area contributed by atoms with Crippen molar-refractivity contribution in [3.63, 3.8) is 0 Å². The summed E-state index contributed by atoms with van der Waals surface area (Å²) < 4.78 is 22.2. The molecule has 0 heterocycles. The van der Waals surface area contributed by atoms with E-state index >= 15 is 0 Å². The van der Waals surface area contributed by atoms with Gasteiger partial charge in [-0.1, -0.05) is 29.8 Å². The summed E-state index contributed by atoms with van der Waals surface area (Å²) in [7, 11) is 1.45. The molecule has 0 saturated heterocycles. The lowest BCUT2D eigenvalue weighted by atomic mass is 10.1. The van der Waals surface area contributed by atoms with Gasteiger partial charge in [-0.25, -0.2) is 8.42 Å². The van der Waals surface area contributed by atoms with E-state index in [1.807, 2.05) is 31.2 Å². The molecule has 2 aromatic carbocycles. The number of carbonyl (C=O) groups is 1. The summed E-state index contributed by atoms with van der Waals surface area (Å²) in [6.07, 6.45) is 0. The summed E-state index contributed by atoms with van der Waals surface area (Å²) in [4.78, 5) is 11.9. The third-order valence-corrected chi connectivity index (χ3v) is 4.34. The van der Waals surface area contributed by atoms with E-state index in [0.717, 1.165) is 11.1 Å². The number of benzene rings is 2. The number of rotatable bonds is 4. The van der Waals surface area contributed by atoms with Crippen LogP contribution in [0, 0.1) is 6.92 Å². The molecule has 0 atom stereocenters. The molecule has 0 fully saturated rings. The first-order chi connectivity index (χ1) is 9.86. The number of hydrogen-bond acceptors (Lipinski definition) is 3. The maximum absolute atomic E-state index is 12.0. The molecule has 0 bridgehead atoms. The minimum atomic E-state index is -3.76. The highest BCUT2D eigenvalue weighted by atomic mass is 35.7. The molecular weight excluding hydrogens is 310 g/mol. The molecule has 21 heavy (non-hydrogen) atoms. The van der Waals surface area contributed by atoms with Gasteiger partial charge in [-0.15, -0.1) is 0 Å². The van der Waals surface area contributed by atoms with Gasteiger partial charge in [0.1, 0.15) is 0 Å². The fraction of sp³-hybridized carbons (Fsp3) is 0.133. The highest BCUT2D eigenvalue weighted by Gasteiger charge is 2.11. The molecule has 110 valence electrons. The Labute approximate surface area is 128 Å². The summed E-state index contributed by atoms with van der Waals surface area (Å²) in [6, 6.07) is 13.3. The van der Waals surface area contributed by atoms with Crippen molar-refractivity contribution in [1.82, 2.24) is 5.32 Å². The van der Waals surface area contributed by atoms with E-state index in [0.29, 0.717) is 12.1 Å². The fourth-order valence-corrected chi connectivity index (χ4v) is 2.53. The Morgan fingerprint density at radius 2 is 1.62 bits per heavy atom. The summed E-state index contributed by atoms with van der Waals surface area (Å²) >= 11 is 0. The van der Waals surface area contributed by atoms with Gasteiger partial charge in [0.15, 0.2) is 0 Å². The van der Waals surface area contributed by atoms with Crippen molar-refractivity contribution in [3.05, 3.63) is 65.2 Å². The molecule has 2 aromatic rings. The second-order valence-electron chi connectivity index (χ2n) is 4.63. The monoisotopic (exact) mass is 323 g/mol. The molecule has 0 spiro atoms. The molecular formula is C15H14ClNO3S. The van der Waals surface area contributed by atoms with Crippen molar-refractivity contribution in [1.29, 1.82) is 0 Å². The molecule has 2 rings (SSSR count). The zero-order valence-corrected chi connectivity index (χ0v) is 12.9. The Morgan fingerprint density at radius 1 is 1.05 bits per heavy atom. The maximum atomic E-state index is 12.0. The lowest BCUT2D eigenvalue weighted by molar-refractivity contribution is 0.0951. The van der Waals surface area contributed by atoms with Crippen LogP contribution in [0.1, 0.15) is 21.5 Å². The molecule has 0 radical (unpaired) electrons. The number of hydrogen-bond donors (Lipinski definition) is 1. The normalized spacial score (nSPS) is 11.1. The van der Waals surface area contributed by atoms with Gasteiger partial charge in [0.05, 0.1) is 4.90 Å². The first-order valence-electron chi connectivity index (χ1n) is 6.25. The molecule has 6 heteroatoms. The molecule has 0 aliphatic carbocycles. The molecule has 0 saturated carbocycles. The van der Waals surface area contributed by atoms with Crippen molar-refractivity contribution in [3.8, 4) is 0 Å². The summed E-state index contributed by atoms with van der Waals surface area (Å²) in [5.74, 6) is -0.269. The standard InChI is InChI=1S/C15H14ClNO3S/c1-11-2-4-12(5-3-11)10-17-15(18)13-6-8-14(9-7-13)21(16,19)20/h2-9H,10H2,1H3,(H,17,18). The second kappa shape index (κ2) is 6.28. The largest absolute Gasteiger partial charge is 0.348 e. The fourth-order valence-electron chi connectivity index (χ4n) is 1.76. The smallest absolute Gasteiger partial charge is 0.261 e. The van der Waals surface area contributed by atoms with Crippen LogP contribution in [0.4, 0.5) is 0 Å². The first kappa shape index (κ1) is 15.5. The third kappa shape index (κ3) is 4.31. The third-order valence-electron chi connectivity index (χ3n) is 2.97. The minimum Gasteiger partial charge on any atom is -0.348 e. The average molecular weight is 324 g/mol. The molecule has 1 amide bonds. The van der Waals surface area contributed by atoms with Crippen molar-refractivity contribution in [2.45, 2.75) is 18.4 Å². The van der Waals surface area contributed by atoms with Crippen molar-refractivity contribution < 1.29 is 13.2 Å². The van der Waals surface area contributed by atoms with Crippen LogP contribution in [0.3, 0.4) is 0 Å². The summed E-state index contributed by atoms with van der Waals surface area (Å²) in [5.41, 5.74) is 2.53. The van der Waals surface area contributed by atoms with Gasteiger partial charge < -0.3 is 5.32 Å². The Bertz CT molecular complexity index is 737. The quantitative estimate of drug-likeness (QED) is 0.880. The topological polar surface area (TPSA) is 63.2 Å². The van der Waals surface area contributed by atoms with E-state index in [-0.39, 0.29) is 10.8 Å². The summed E-state index contributed by atoms with van der Waals surface area (Å²) in [6.45, 7) is 2.41. The first-order valence-corrected chi connectivity index (χ1v) is 8.56. The predicted molar refractivity (Wildman–Crippen MR) is 81.8 cm³/mol. The molecule has 0 aliphatic rings. The van der Waals surface area contributed by atoms with Crippen LogP contribution in [-0.2, 0) is 15.6 Å². The van der Waals surface area contributed by atoms with Crippen LogP contribution < -0.4 is 5.32 Å². The Kier molecular flexibility index (Phi) is 4.65. The molecule has 0 aliphatic heterocycles. The molecule has 1 N–H and O–H groups in total. The highest BCUT2D eigenvalue weighted by Crippen LogP contribution is 2.15. The van der Waals surface area contributed by atoms with Gasteiger partial charge in [0.2, 0.25) is 0 Å². The van der Waals surface area contributed by atoms with Gasteiger partial charge >= 0.3 is 0 Å². The minimum absolute atomic E-state index is 0.0285. The molecule has 0 aromatic heterocycles. The highest BCUT2D eigenvalue weighted by molar-refractivity contribution is 8.13. The van der Waals surface area contributed by atoms with Crippen LogP contribution >= 0.6 is 10.7 Å². The van der Waals surface area contributed by atoms with Crippen molar-refractivity contribution >= 4 is 25.6 Å². The SMILES string of the molecule is Cc1ccc(CNC(=O)c2ccc(S(=O)(=O)Cl)cc2)cc1. The van der Waals surface area contributed by atoms with Gasteiger partial charge in [-0.3, -0.25) is 4.79 Å². The van der Waals surface area contributed by atoms with Crippen molar-refractivity contribution in [2.75, 3.05) is 0 Å². The number of amides is 1. The zero-order valence-electron chi connectivity index (χ0n) is 11.3. The maximum Gasteiger partial charge on any atom is 0.261 e. The number of carbonyl (C=O) groups excluding carboxylic acids is 1. The summed E-state index contributed by atoms with van der Waals surface area (Å²) in [5, 5.41) is 2.77. The van der Waals surface area contributed by atoms with Crippen LogP contribution in [0.15, 0.2) is 53.4 Å². The van der Waals surface area contributed by atoms with E-state index < -0.39 is 9.05 Å². The van der Waals surface area contributed by atoms with Crippen LogP contribution in [-0.4, -0.2) is 14.3 Å². The number of nitrogens with one attached hydrogen (secondary N) is 1. The van der Waals surface area contributed by atoms with E-state index in [4.69, 9.17) is 10.7 Å². The second-order valence-corrected chi connectivity index (χ2v) is 7.20. The van der Waals surface area contributed by atoms with E-state index in [1.54, 1.807) is 0 Å². The lowest BCUT2D eigenvalue weighted by Crippen LogP contribution is -2.22. The van der Waals surface area contributed by atoms with Crippen LogP contribution in [0.25, 0.3) is 0 Å². The average Bonchev–Trinajstić information content (AvgIpc) is 2.45. The van der Waals surface area contributed by atoms with Crippen LogP contribution in [0.5, 0.6) is 0 Å². The van der Waals surface area contributed by atoms with Gasteiger partial charge in [-0.2, -0.15) is 0 Å². The van der Waals surface area contributed by atoms with E-state index in [1.165, 1.54) is 24.3 Å². The van der Waals surface area contributed by atoms with Gasteiger partial charge in [0.25, 0.3) is 15.0 Å². The predicted octanol–water partition coefficient (Wildman–Crippen LogP) is 2.85. The Hall–Kier alpha value is -1.85. The van der Waals surface area contributed by atoms with E-state index in [9.17, 15) is 13.2 Å². The molecule has 0 unspecified atom stereocenters. The lowest BCUT2D eigenvalue weighted by Gasteiger charge is -2.06. The van der Waals surface area contributed by atoms with Gasteiger partial charge in [-0.05, 0) is 36.8 Å². The number of halogens is 1. The Balaban J connectivity index is 2.02. The van der Waals surface area contributed by atoms with Crippen molar-refractivity contribution in [2.24, 2.45) is 0 Å². The van der Waals surface area contributed by atoms with Gasteiger partial charge in [0, 0.05) is 22.8 Å². The van der Waals surface area contributed by atoms with E-state index in [2.05, 4.69) is 5.32 Å². The Morgan fingerprint density at radius 3 is 2.14 bits per heavy atom.